The number of hydrogen-bond donors (Lipinski definition) is 0. The fraction of sp³-hybridized carbons (Fsp3) is 0.0455. The Kier molecular flexibility index (Phi) is 6.88. The molecule has 6 aromatic carbocycles. The van der Waals surface area contributed by atoms with Crippen LogP contribution in [0.2, 0.25) is 13.1 Å². The van der Waals surface area contributed by atoms with Gasteiger partial charge in [0.25, 0.3) is 0 Å². The van der Waals surface area contributed by atoms with Gasteiger partial charge in [0.2, 0.25) is 11.8 Å². The van der Waals surface area contributed by atoms with Gasteiger partial charge in [-0.3, -0.25) is 0 Å². The zero-order valence-corrected chi connectivity index (χ0v) is 28.2. The molecule has 0 N–H and O–H groups in total. The molecular formula is C44H32N2O2Si. The molecule has 0 atom stereocenters. The maximum atomic E-state index is 6.71. The quantitative estimate of drug-likeness (QED) is 0.168. The molecule has 0 spiro atoms. The normalized spacial score (nSPS) is 14.3. The standard InChI is InChI=1S/C44H32N2O2Si/c1-49(2)41(43-45-35-27-33(23-25-37(35)47-43)29-15-7-3-8-16-29)39(31-19-11-5-12-20-31)40(32-21-13-6-14-22-32)42(49)44-46-36-28-34(24-26-38(36)48-44)30-17-9-4-10-18-30/h3-28H,1-2H3. The minimum absolute atomic E-state index is 0.654. The van der Waals surface area contributed by atoms with Gasteiger partial charge in [0.05, 0.1) is 0 Å². The van der Waals surface area contributed by atoms with Crippen LogP contribution in [0.25, 0.3) is 66.0 Å². The van der Waals surface area contributed by atoms with E-state index in [1.807, 2.05) is 24.3 Å². The second kappa shape index (κ2) is 11.6. The second-order valence-corrected chi connectivity index (χ2v) is 17.2. The lowest BCUT2D eigenvalue weighted by molar-refractivity contribution is 0.586. The zero-order valence-electron chi connectivity index (χ0n) is 27.2. The Hall–Kier alpha value is -6.04. The molecule has 0 bridgehead atoms. The predicted octanol–water partition coefficient (Wildman–Crippen LogP) is 11.6. The van der Waals surface area contributed by atoms with E-state index >= 15 is 0 Å². The maximum absolute atomic E-state index is 6.71. The molecule has 8 aromatic rings. The summed E-state index contributed by atoms with van der Waals surface area (Å²) in [4.78, 5) is 10.5. The predicted molar refractivity (Wildman–Crippen MR) is 203 cm³/mol. The molecule has 1 aliphatic heterocycles. The first-order valence-electron chi connectivity index (χ1n) is 16.6. The average molecular weight is 649 g/mol. The first kappa shape index (κ1) is 29.1. The highest BCUT2D eigenvalue weighted by atomic mass is 28.3. The van der Waals surface area contributed by atoms with E-state index in [4.69, 9.17) is 18.8 Å². The molecule has 4 nitrogen and oxygen atoms in total. The van der Waals surface area contributed by atoms with Crippen LogP contribution in [0.5, 0.6) is 0 Å². The largest absolute Gasteiger partial charge is 0.437 e. The Morgan fingerprint density at radius 3 is 1.10 bits per heavy atom. The first-order valence-corrected chi connectivity index (χ1v) is 19.6. The van der Waals surface area contributed by atoms with Crippen molar-refractivity contribution in [2.45, 2.75) is 13.1 Å². The number of nitrogens with zero attached hydrogens (tertiary/aromatic N) is 2. The van der Waals surface area contributed by atoms with Crippen molar-refractivity contribution >= 4 is 51.8 Å². The minimum Gasteiger partial charge on any atom is -0.437 e. The van der Waals surface area contributed by atoms with Gasteiger partial charge in [-0.1, -0.05) is 147 Å². The molecule has 2 aromatic heterocycles. The van der Waals surface area contributed by atoms with E-state index in [9.17, 15) is 0 Å². The zero-order chi connectivity index (χ0) is 33.0. The molecular weight excluding hydrogens is 617 g/mol. The van der Waals surface area contributed by atoms with Crippen molar-refractivity contribution in [2.75, 3.05) is 0 Å². The number of oxazole rings is 2. The number of rotatable bonds is 6. The second-order valence-electron chi connectivity index (χ2n) is 13.0. The van der Waals surface area contributed by atoms with Crippen LogP contribution in [0.3, 0.4) is 0 Å². The molecule has 0 aliphatic carbocycles. The van der Waals surface area contributed by atoms with Crippen molar-refractivity contribution in [2.24, 2.45) is 0 Å². The molecule has 234 valence electrons. The molecule has 0 radical (unpaired) electrons. The van der Waals surface area contributed by atoms with Crippen LogP contribution in [-0.2, 0) is 0 Å². The molecule has 5 heteroatoms. The molecule has 0 unspecified atom stereocenters. The lowest BCUT2D eigenvalue weighted by Crippen LogP contribution is -2.28. The first-order chi connectivity index (χ1) is 24.0. The smallest absolute Gasteiger partial charge is 0.220 e. The highest BCUT2D eigenvalue weighted by Gasteiger charge is 2.48. The molecule has 1 aliphatic rings. The van der Waals surface area contributed by atoms with Crippen molar-refractivity contribution in [3.05, 3.63) is 181 Å². The third kappa shape index (κ3) is 4.98. The lowest BCUT2D eigenvalue weighted by Gasteiger charge is -2.21. The van der Waals surface area contributed by atoms with Crippen molar-refractivity contribution in [1.82, 2.24) is 9.97 Å². The summed E-state index contributed by atoms with van der Waals surface area (Å²) in [5, 5.41) is 2.27. The molecule has 0 saturated carbocycles. The summed E-state index contributed by atoms with van der Waals surface area (Å²) in [6.45, 7) is 4.73. The van der Waals surface area contributed by atoms with Crippen LogP contribution in [0.4, 0.5) is 0 Å². The van der Waals surface area contributed by atoms with E-state index in [1.54, 1.807) is 0 Å². The summed E-state index contributed by atoms with van der Waals surface area (Å²) in [5.74, 6) is 1.31. The Bertz CT molecular complexity index is 2370. The molecule has 49 heavy (non-hydrogen) atoms. The monoisotopic (exact) mass is 648 g/mol. The molecule has 0 amide bonds. The van der Waals surface area contributed by atoms with E-state index in [0.717, 1.165) is 77.1 Å². The van der Waals surface area contributed by atoms with Gasteiger partial charge in [0.15, 0.2) is 11.2 Å². The van der Waals surface area contributed by atoms with Crippen molar-refractivity contribution in [3.8, 4) is 22.3 Å². The Morgan fingerprint density at radius 2 is 0.735 bits per heavy atom. The summed E-state index contributed by atoms with van der Waals surface area (Å²) in [6.07, 6.45) is 0. The highest BCUT2D eigenvalue weighted by Crippen LogP contribution is 2.55. The fourth-order valence-electron chi connectivity index (χ4n) is 7.22. The van der Waals surface area contributed by atoms with Gasteiger partial charge in [-0.25, -0.2) is 9.97 Å². The third-order valence-electron chi connectivity index (χ3n) is 9.54. The molecule has 0 fully saturated rings. The van der Waals surface area contributed by atoms with Crippen LogP contribution in [0.15, 0.2) is 167 Å². The van der Waals surface area contributed by atoms with Crippen LogP contribution < -0.4 is 0 Å². The van der Waals surface area contributed by atoms with Gasteiger partial charge >= 0.3 is 0 Å². The minimum atomic E-state index is -2.61. The van der Waals surface area contributed by atoms with Gasteiger partial charge in [0, 0.05) is 10.4 Å². The fourth-order valence-corrected chi connectivity index (χ4v) is 10.5. The Labute approximate surface area is 285 Å². The van der Waals surface area contributed by atoms with E-state index in [2.05, 4.69) is 147 Å². The summed E-state index contributed by atoms with van der Waals surface area (Å²) < 4.78 is 13.4. The SMILES string of the molecule is C[Si]1(C)C(c2nc3cc(-c4ccccc4)ccc3o2)=C(c2ccccc2)C(c2ccccc2)=C1c1nc2cc(-c3ccccc3)ccc2o1. The molecule has 0 saturated heterocycles. The van der Waals surface area contributed by atoms with Crippen LogP contribution in [0, 0.1) is 0 Å². The number of allylic oxidation sites excluding steroid dienone is 2. The van der Waals surface area contributed by atoms with Gasteiger partial charge < -0.3 is 8.83 Å². The van der Waals surface area contributed by atoms with E-state index < -0.39 is 8.07 Å². The summed E-state index contributed by atoms with van der Waals surface area (Å²) in [5.41, 5.74) is 12.2. The van der Waals surface area contributed by atoms with Crippen molar-refractivity contribution < 1.29 is 8.83 Å². The number of hydrogen-bond acceptors (Lipinski definition) is 4. The number of aromatic nitrogens is 2. The van der Waals surface area contributed by atoms with Crippen LogP contribution >= 0.6 is 0 Å². The van der Waals surface area contributed by atoms with Gasteiger partial charge in [-0.05, 0) is 68.8 Å². The summed E-state index contributed by atoms with van der Waals surface area (Å²) in [6, 6.07) is 54.6. The summed E-state index contributed by atoms with van der Waals surface area (Å²) >= 11 is 0. The van der Waals surface area contributed by atoms with Crippen molar-refractivity contribution in [1.29, 1.82) is 0 Å². The molecule has 3 heterocycles. The van der Waals surface area contributed by atoms with E-state index in [-0.39, 0.29) is 0 Å². The van der Waals surface area contributed by atoms with Crippen molar-refractivity contribution in [3.63, 3.8) is 0 Å². The number of benzene rings is 6. The van der Waals surface area contributed by atoms with Gasteiger partial charge in [-0.2, -0.15) is 0 Å². The summed E-state index contributed by atoms with van der Waals surface area (Å²) in [7, 11) is -2.61. The van der Waals surface area contributed by atoms with E-state index in [0.29, 0.717) is 11.8 Å². The van der Waals surface area contributed by atoms with E-state index in [1.165, 1.54) is 0 Å². The van der Waals surface area contributed by atoms with Crippen LogP contribution in [0.1, 0.15) is 22.9 Å². The topological polar surface area (TPSA) is 52.1 Å². The van der Waals surface area contributed by atoms with Gasteiger partial charge in [-0.15, -0.1) is 0 Å². The Morgan fingerprint density at radius 1 is 0.388 bits per heavy atom. The lowest BCUT2D eigenvalue weighted by atomic mass is 9.91. The highest BCUT2D eigenvalue weighted by molar-refractivity contribution is 7.12. The average Bonchev–Trinajstić information content (AvgIpc) is 3.83. The number of fused-ring (bicyclic) bond motifs is 2. The Balaban J connectivity index is 1.28. The maximum Gasteiger partial charge on any atom is 0.220 e. The third-order valence-corrected chi connectivity index (χ3v) is 13.0. The molecule has 9 rings (SSSR count). The van der Waals surface area contributed by atoms with Gasteiger partial charge in [0.1, 0.15) is 19.1 Å². The van der Waals surface area contributed by atoms with Crippen LogP contribution in [-0.4, -0.2) is 18.0 Å².